The monoisotopic (exact) mass is 320 g/mol. The van der Waals surface area contributed by atoms with E-state index in [1.54, 1.807) is 0 Å². The number of fused-ring (bicyclic) bond motifs is 1. The van der Waals surface area contributed by atoms with Gasteiger partial charge in [-0.2, -0.15) is 0 Å². The molecule has 112 valence electrons. The molecule has 1 saturated heterocycles. The van der Waals surface area contributed by atoms with E-state index in [2.05, 4.69) is 4.72 Å². The van der Waals surface area contributed by atoms with Crippen molar-refractivity contribution in [3.8, 4) is 0 Å². The van der Waals surface area contributed by atoms with Crippen LogP contribution in [-0.4, -0.2) is 48.5 Å². The van der Waals surface area contributed by atoms with Crippen LogP contribution in [0, 0.1) is 0 Å². The first-order valence-corrected chi connectivity index (χ1v) is 8.96. The maximum Gasteiger partial charge on any atom is 0.353 e. The van der Waals surface area contributed by atoms with Crippen molar-refractivity contribution < 1.29 is 23.1 Å². The van der Waals surface area contributed by atoms with Gasteiger partial charge in [-0.15, -0.1) is 11.8 Å². The van der Waals surface area contributed by atoms with Crippen LogP contribution >= 0.6 is 11.8 Å². The summed E-state index contributed by atoms with van der Waals surface area (Å²) < 4.78 is 24.1. The molecule has 0 unspecified atom stereocenters. The number of nitrogens with one attached hydrogen (secondary N) is 1. The SMILES string of the molecule is CS(=O)(=O)NCCCCC1=C(C(=O)O)N2C(=O)C[C@@H]2S1. The molecule has 2 heterocycles. The van der Waals surface area contributed by atoms with Crippen molar-refractivity contribution >= 4 is 33.7 Å². The highest BCUT2D eigenvalue weighted by atomic mass is 32.2. The molecule has 0 saturated carbocycles. The summed E-state index contributed by atoms with van der Waals surface area (Å²) in [6.45, 7) is 0.339. The number of β-lactam (4-membered cyclic amide) rings is 1. The third-order valence-corrected chi connectivity index (χ3v) is 5.15. The Bertz CT molecular complexity index is 569. The molecule has 20 heavy (non-hydrogen) atoms. The maximum absolute atomic E-state index is 11.4. The van der Waals surface area contributed by atoms with Crippen LogP contribution in [0.5, 0.6) is 0 Å². The van der Waals surface area contributed by atoms with Crippen LogP contribution in [-0.2, 0) is 19.6 Å². The second kappa shape index (κ2) is 5.74. The maximum atomic E-state index is 11.4. The van der Waals surface area contributed by atoms with Gasteiger partial charge in [-0.05, 0) is 19.3 Å². The highest BCUT2D eigenvalue weighted by molar-refractivity contribution is 8.04. The molecule has 0 radical (unpaired) electrons. The summed E-state index contributed by atoms with van der Waals surface area (Å²) in [5, 5.41) is 9.12. The van der Waals surface area contributed by atoms with Crippen molar-refractivity contribution in [3.63, 3.8) is 0 Å². The molecule has 9 heteroatoms. The number of rotatable bonds is 7. The highest BCUT2D eigenvalue weighted by Gasteiger charge is 2.47. The Morgan fingerprint density at radius 1 is 1.50 bits per heavy atom. The molecule has 7 nitrogen and oxygen atoms in total. The van der Waals surface area contributed by atoms with Gasteiger partial charge in [0, 0.05) is 11.4 Å². The van der Waals surface area contributed by atoms with Gasteiger partial charge in [0.2, 0.25) is 15.9 Å². The van der Waals surface area contributed by atoms with E-state index >= 15 is 0 Å². The third-order valence-electron chi connectivity index (χ3n) is 3.09. The van der Waals surface area contributed by atoms with Gasteiger partial charge in [-0.3, -0.25) is 9.69 Å². The zero-order chi connectivity index (χ0) is 14.9. The number of carboxylic acid groups (broad SMARTS) is 1. The van der Waals surface area contributed by atoms with Crippen LogP contribution in [0.15, 0.2) is 10.6 Å². The molecule has 0 aromatic carbocycles. The molecule has 1 amide bonds. The number of hydrogen-bond donors (Lipinski definition) is 2. The Morgan fingerprint density at radius 2 is 2.20 bits per heavy atom. The van der Waals surface area contributed by atoms with E-state index in [4.69, 9.17) is 0 Å². The van der Waals surface area contributed by atoms with Gasteiger partial charge in [0.1, 0.15) is 5.70 Å². The van der Waals surface area contributed by atoms with Crippen LogP contribution in [0.1, 0.15) is 25.7 Å². The minimum absolute atomic E-state index is 0.0576. The summed E-state index contributed by atoms with van der Waals surface area (Å²) >= 11 is 1.43. The van der Waals surface area contributed by atoms with Crippen molar-refractivity contribution in [3.05, 3.63) is 10.6 Å². The first kappa shape index (κ1) is 15.3. The Kier molecular flexibility index (Phi) is 4.40. The molecule has 2 N–H and O–H groups in total. The molecular formula is C11H16N2O5S2. The summed E-state index contributed by atoms with van der Waals surface area (Å²) in [4.78, 5) is 24.7. The normalized spacial score (nSPS) is 21.9. The van der Waals surface area contributed by atoms with E-state index in [0.29, 0.717) is 37.1 Å². The van der Waals surface area contributed by atoms with Crippen LogP contribution in [0.3, 0.4) is 0 Å². The number of thioether (sulfide) groups is 1. The predicted molar refractivity (Wildman–Crippen MR) is 74.2 cm³/mol. The summed E-state index contributed by atoms with van der Waals surface area (Å²) in [6, 6.07) is 0. The van der Waals surface area contributed by atoms with Crippen LogP contribution in [0.25, 0.3) is 0 Å². The average molecular weight is 320 g/mol. The van der Waals surface area contributed by atoms with Crippen molar-refractivity contribution in [1.82, 2.24) is 9.62 Å². The van der Waals surface area contributed by atoms with Gasteiger partial charge in [-0.25, -0.2) is 17.9 Å². The lowest BCUT2D eigenvalue weighted by molar-refractivity contribution is -0.145. The minimum atomic E-state index is -3.18. The first-order valence-electron chi connectivity index (χ1n) is 6.19. The summed E-state index contributed by atoms with van der Waals surface area (Å²) in [6.07, 6.45) is 3.35. The van der Waals surface area contributed by atoms with Crippen LogP contribution in [0.2, 0.25) is 0 Å². The molecule has 1 atom stereocenters. The van der Waals surface area contributed by atoms with Gasteiger partial charge in [0.15, 0.2) is 0 Å². The predicted octanol–water partition coefficient (Wildman–Crippen LogP) is 0.307. The van der Waals surface area contributed by atoms with Crippen molar-refractivity contribution in [2.45, 2.75) is 31.1 Å². The lowest BCUT2D eigenvalue weighted by Gasteiger charge is -2.33. The quantitative estimate of drug-likeness (QED) is 0.517. The Labute approximate surface area is 121 Å². The number of nitrogens with zero attached hydrogens (tertiary/aromatic N) is 1. The van der Waals surface area contributed by atoms with E-state index in [1.165, 1.54) is 16.7 Å². The van der Waals surface area contributed by atoms with E-state index < -0.39 is 16.0 Å². The van der Waals surface area contributed by atoms with Gasteiger partial charge in [0.25, 0.3) is 0 Å². The molecular weight excluding hydrogens is 304 g/mol. The van der Waals surface area contributed by atoms with Gasteiger partial charge < -0.3 is 5.11 Å². The fraction of sp³-hybridized carbons (Fsp3) is 0.636. The summed E-state index contributed by atoms with van der Waals surface area (Å²) in [5.41, 5.74) is 0.104. The number of carbonyl (C=O) groups is 2. The largest absolute Gasteiger partial charge is 0.477 e. The Hall–Kier alpha value is -1.06. The molecule has 0 aromatic rings. The number of allylic oxidation sites excluding steroid dienone is 1. The molecule has 2 aliphatic rings. The van der Waals surface area contributed by atoms with Gasteiger partial charge in [-0.1, -0.05) is 0 Å². The third kappa shape index (κ3) is 3.33. The van der Waals surface area contributed by atoms with E-state index in [0.717, 1.165) is 6.26 Å². The van der Waals surface area contributed by atoms with Crippen molar-refractivity contribution in [2.24, 2.45) is 0 Å². The number of aliphatic carboxylic acids is 1. The zero-order valence-electron chi connectivity index (χ0n) is 11.0. The fourth-order valence-corrected chi connectivity index (χ4v) is 4.13. The van der Waals surface area contributed by atoms with Crippen molar-refractivity contribution in [1.29, 1.82) is 0 Å². The molecule has 2 aliphatic heterocycles. The molecule has 0 bridgehead atoms. The number of unbranched alkanes of at least 4 members (excludes halogenated alkanes) is 1. The second-order valence-corrected chi connectivity index (χ2v) is 7.85. The second-order valence-electron chi connectivity index (χ2n) is 4.74. The topological polar surface area (TPSA) is 104 Å². The molecule has 0 aromatic heterocycles. The number of carbonyl (C=O) groups excluding carboxylic acids is 1. The fourth-order valence-electron chi connectivity index (χ4n) is 2.17. The van der Waals surface area contributed by atoms with E-state index in [-0.39, 0.29) is 17.0 Å². The average Bonchev–Trinajstić information content (AvgIpc) is 2.60. The Balaban J connectivity index is 1.86. The number of amides is 1. The van der Waals surface area contributed by atoms with Crippen LogP contribution < -0.4 is 4.72 Å². The highest BCUT2D eigenvalue weighted by Crippen LogP contribution is 2.47. The van der Waals surface area contributed by atoms with Gasteiger partial charge >= 0.3 is 5.97 Å². The smallest absolute Gasteiger partial charge is 0.353 e. The zero-order valence-corrected chi connectivity index (χ0v) is 12.6. The molecule has 1 fully saturated rings. The lowest BCUT2D eigenvalue weighted by Crippen LogP contribution is -2.48. The minimum Gasteiger partial charge on any atom is -0.477 e. The molecule has 0 aliphatic carbocycles. The van der Waals surface area contributed by atoms with E-state index in [9.17, 15) is 23.1 Å². The number of carboxylic acids is 1. The molecule has 2 rings (SSSR count). The number of sulfonamides is 1. The van der Waals surface area contributed by atoms with E-state index in [1.807, 2.05) is 0 Å². The lowest BCUT2D eigenvalue weighted by atomic mass is 10.1. The van der Waals surface area contributed by atoms with Gasteiger partial charge in [0.05, 0.1) is 18.1 Å². The standard InChI is InChI=1S/C11H16N2O5S2/c1-20(17,18)12-5-3-2-4-7-10(11(15)16)13-8(14)6-9(13)19-7/h9,12H,2-6H2,1H3,(H,15,16)/t9-/m0/s1. The van der Waals surface area contributed by atoms with Crippen LogP contribution in [0.4, 0.5) is 0 Å². The molecule has 0 spiro atoms. The summed E-state index contributed by atoms with van der Waals surface area (Å²) in [5.74, 6) is -1.22. The number of hydrogen-bond acceptors (Lipinski definition) is 5. The summed E-state index contributed by atoms with van der Waals surface area (Å²) in [7, 11) is -3.18. The first-order chi connectivity index (χ1) is 9.29. The Morgan fingerprint density at radius 3 is 2.75 bits per heavy atom. The van der Waals surface area contributed by atoms with Crippen molar-refractivity contribution in [2.75, 3.05) is 12.8 Å².